The van der Waals surface area contributed by atoms with E-state index in [0.29, 0.717) is 0 Å². The lowest BCUT2D eigenvalue weighted by Crippen LogP contribution is -2.45. The van der Waals surface area contributed by atoms with Crippen molar-refractivity contribution in [3.63, 3.8) is 0 Å². The van der Waals surface area contributed by atoms with Crippen LogP contribution in [0.3, 0.4) is 0 Å². The van der Waals surface area contributed by atoms with Gasteiger partial charge < -0.3 is 5.73 Å². The van der Waals surface area contributed by atoms with Gasteiger partial charge in [0.15, 0.2) is 0 Å². The average Bonchev–Trinajstić information content (AvgIpc) is 2.74. The summed E-state index contributed by atoms with van der Waals surface area (Å²) < 4.78 is 26.2. The van der Waals surface area contributed by atoms with Crippen LogP contribution in [0.1, 0.15) is 30.4 Å². The molecule has 0 saturated heterocycles. The van der Waals surface area contributed by atoms with Crippen LogP contribution in [0.2, 0.25) is 0 Å². The van der Waals surface area contributed by atoms with Crippen molar-refractivity contribution in [3.05, 3.63) is 59.7 Å². The van der Waals surface area contributed by atoms with Crippen LogP contribution in [0.25, 0.3) is 11.1 Å². The van der Waals surface area contributed by atoms with E-state index in [0.717, 1.165) is 22.3 Å². The predicted molar refractivity (Wildman–Crippen MR) is 76.9 cm³/mol. The van der Waals surface area contributed by atoms with Crippen molar-refractivity contribution in [2.24, 2.45) is 5.73 Å². The average molecular weight is 273 g/mol. The van der Waals surface area contributed by atoms with Gasteiger partial charge >= 0.3 is 0 Å². The fourth-order valence-electron chi connectivity index (χ4n) is 3.01. The van der Waals surface area contributed by atoms with Gasteiger partial charge in [-0.15, -0.1) is 0 Å². The van der Waals surface area contributed by atoms with Crippen molar-refractivity contribution in [2.75, 3.05) is 0 Å². The molecule has 2 N–H and O–H groups in total. The second-order valence-corrected chi connectivity index (χ2v) is 5.74. The summed E-state index contributed by atoms with van der Waals surface area (Å²) in [4.78, 5) is 0. The predicted octanol–water partition coefficient (Wildman–Crippen LogP) is 4.17. The second kappa shape index (κ2) is 4.67. The molecule has 1 unspecified atom stereocenters. The molecular weight excluding hydrogens is 256 g/mol. The zero-order valence-corrected chi connectivity index (χ0v) is 11.3. The van der Waals surface area contributed by atoms with Gasteiger partial charge in [-0.2, -0.15) is 0 Å². The molecule has 0 radical (unpaired) electrons. The molecule has 0 fully saturated rings. The van der Waals surface area contributed by atoms with E-state index in [4.69, 9.17) is 5.73 Å². The summed E-state index contributed by atoms with van der Waals surface area (Å²) in [5, 5.41) is 0. The summed E-state index contributed by atoms with van der Waals surface area (Å²) in [5.74, 6) is -0.0496. The molecule has 20 heavy (non-hydrogen) atoms. The van der Waals surface area contributed by atoms with E-state index in [1.807, 2.05) is 48.5 Å². The number of fused-ring (bicyclic) bond motifs is 3. The summed E-state index contributed by atoms with van der Waals surface area (Å²) >= 11 is 0. The first kappa shape index (κ1) is 13.3. The van der Waals surface area contributed by atoms with Crippen molar-refractivity contribution in [1.29, 1.82) is 0 Å². The van der Waals surface area contributed by atoms with Gasteiger partial charge in [-0.25, -0.2) is 8.78 Å². The molecule has 0 amide bonds. The van der Waals surface area contributed by atoms with Crippen molar-refractivity contribution < 1.29 is 8.78 Å². The van der Waals surface area contributed by atoms with E-state index in [1.54, 1.807) is 0 Å². The van der Waals surface area contributed by atoms with Gasteiger partial charge in [-0.3, -0.25) is 0 Å². The van der Waals surface area contributed by atoms with Crippen LogP contribution < -0.4 is 5.73 Å². The molecule has 1 nitrogen and oxygen atoms in total. The zero-order chi connectivity index (χ0) is 14.3. The molecule has 2 aromatic rings. The molecule has 2 aromatic carbocycles. The highest BCUT2D eigenvalue weighted by molar-refractivity contribution is 5.78. The number of rotatable bonds is 3. The summed E-state index contributed by atoms with van der Waals surface area (Å²) in [6.07, 6.45) is -2.28. The molecular formula is C17H17F2N. The lowest BCUT2D eigenvalue weighted by molar-refractivity contribution is 0.0568. The van der Waals surface area contributed by atoms with E-state index < -0.39 is 12.0 Å². The Morgan fingerprint density at radius 1 is 1.00 bits per heavy atom. The number of nitrogens with two attached hydrogens (primary N) is 1. The van der Waals surface area contributed by atoms with Crippen LogP contribution >= 0.6 is 0 Å². The molecule has 3 rings (SSSR count). The Morgan fingerprint density at radius 2 is 1.45 bits per heavy atom. The standard InChI is InChI=1S/C17H17F2N/c1-17(20,16(18)19)10-15-13-8-4-2-6-11(13)12-7-3-5-9-14(12)15/h2-9,15-16H,10,20H2,1H3. The molecule has 3 heteroatoms. The minimum atomic E-state index is -2.53. The lowest BCUT2D eigenvalue weighted by atomic mass is 9.84. The van der Waals surface area contributed by atoms with Crippen LogP contribution in [-0.2, 0) is 0 Å². The maximum atomic E-state index is 13.1. The van der Waals surface area contributed by atoms with Crippen LogP contribution in [0, 0.1) is 0 Å². The Morgan fingerprint density at radius 3 is 1.90 bits per heavy atom. The van der Waals surface area contributed by atoms with Crippen LogP contribution in [0.15, 0.2) is 48.5 Å². The zero-order valence-electron chi connectivity index (χ0n) is 11.3. The molecule has 1 aliphatic rings. The fourth-order valence-corrected chi connectivity index (χ4v) is 3.01. The molecule has 0 heterocycles. The molecule has 0 bridgehead atoms. The topological polar surface area (TPSA) is 26.0 Å². The quantitative estimate of drug-likeness (QED) is 0.892. The maximum Gasteiger partial charge on any atom is 0.256 e. The molecule has 1 atom stereocenters. The summed E-state index contributed by atoms with van der Waals surface area (Å²) in [6, 6.07) is 16.0. The fraction of sp³-hybridized carbons (Fsp3) is 0.294. The molecule has 0 aromatic heterocycles. The van der Waals surface area contributed by atoms with Gasteiger partial charge in [-0.1, -0.05) is 48.5 Å². The number of alkyl halides is 2. The Hall–Kier alpha value is -1.74. The van der Waals surface area contributed by atoms with Crippen molar-refractivity contribution in [2.45, 2.75) is 31.2 Å². The third kappa shape index (κ3) is 2.02. The monoisotopic (exact) mass is 273 g/mol. The normalized spacial score (nSPS) is 16.9. The summed E-state index contributed by atoms with van der Waals surface area (Å²) in [6.45, 7) is 1.43. The second-order valence-electron chi connectivity index (χ2n) is 5.74. The highest BCUT2D eigenvalue weighted by Crippen LogP contribution is 2.47. The number of hydrogen-bond acceptors (Lipinski definition) is 1. The Kier molecular flexibility index (Phi) is 3.09. The van der Waals surface area contributed by atoms with E-state index >= 15 is 0 Å². The first-order valence-electron chi connectivity index (χ1n) is 6.76. The SMILES string of the molecule is CC(N)(CC1c2ccccc2-c2ccccc21)C(F)F. The Bertz CT molecular complexity index is 589. The minimum Gasteiger partial charge on any atom is -0.321 e. The molecule has 104 valence electrons. The van der Waals surface area contributed by atoms with Crippen LogP contribution in [-0.4, -0.2) is 12.0 Å². The molecule has 1 aliphatic carbocycles. The summed E-state index contributed by atoms with van der Waals surface area (Å²) in [5.41, 5.74) is 8.81. The highest BCUT2D eigenvalue weighted by atomic mass is 19.3. The van der Waals surface area contributed by atoms with Gasteiger partial charge in [-0.05, 0) is 35.6 Å². The van der Waals surface area contributed by atoms with Crippen molar-refractivity contribution in [1.82, 2.24) is 0 Å². The third-order valence-corrected chi connectivity index (χ3v) is 4.11. The smallest absolute Gasteiger partial charge is 0.256 e. The van der Waals surface area contributed by atoms with Crippen molar-refractivity contribution in [3.8, 4) is 11.1 Å². The third-order valence-electron chi connectivity index (χ3n) is 4.11. The van der Waals surface area contributed by atoms with Gasteiger partial charge in [0, 0.05) is 5.92 Å². The highest BCUT2D eigenvalue weighted by Gasteiger charge is 2.38. The van der Waals surface area contributed by atoms with Crippen LogP contribution in [0.5, 0.6) is 0 Å². The largest absolute Gasteiger partial charge is 0.321 e. The van der Waals surface area contributed by atoms with E-state index in [-0.39, 0.29) is 12.3 Å². The van der Waals surface area contributed by atoms with E-state index in [2.05, 4.69) is 0 Å². The molecule has 0 aliphatic heterocycles. The minimum absolute atomic E-state index is 0.0496. The maximum absolute atomic E-state index is 13.1. The first-order chi connectivity index (χ1) is 9.50. The van der Waals surface area contributed by atoms with Crippen molar-refractivity contribution >= 4 is 0 Å². The number of benzene rings is 2. The van der Waals surface area contributed by atoms with Gasteiger partial charge in [0.25, 0.3) is 6.43 Å². The Labute approximate surface area is 117 Å². The van der Waals surface area contributed by atoms with Crippen LogP contribution in [0.4, 0.5) is 8.78 Å². The first-order valence-corrected chi connectivity index (χ1v) is 6.76. The molecule has 0 spiro atoms. The summed E-state index contributed by atoms with van der Waals surface area (Å²) in [7, 11) is 0. The van der Waals surface area contributed by atoms with Gasteiger partial charge in [0.1, 0.15) is 0 Å². The Balaban J connectivity index is 2.08. The van der Waals surface area contributed by atoms with Gasteiger partial charge in [0.2, 0.25) is 0 Å². The lowest BCUT2D eigenvalue weighted by Gasteiger charge is -2.28. The number of hydrogen-bond donors (Lipinski definition) is 1. The van der Waals surface area contributed by atoms with E-state index in [1.165, 1.54) is 6.92 Å². The van der Waals surface area contributed by atoms with Gasteiger partial charge in [0.05, 0.1) is 5.54 Å². The number of halogens is 2. The molecule has 0 saturated carbocycles. The van der Waals surface area contributed by atoms with E-state index in [9.17, 15) is 8.78 Å².